The first-order chi connectivity index (χ1) is 0. The van der Waals surface area contributed by atoms with Crippen LogP contribution in [0, 0.1) is 0 Å². The molecule has 4 radical (unpaired) electrons. The van der Waals surface area contributed by atoms with Gasteiger partial charge in [0.1, 0.15) is 0 Å². The zero-order valence-electron chi connectivity index (χ0n) is 3.19. The molecule has 7 heavy (non-hydrogen) atoms. The van der Waals surface area contributed by atoms with Gasteiger partial charge in [-0.2, -0.15) is 0 Å². The Morgan fingerprint density at radius 3 is 1.00 bits per heavy atom. The van der Waals surface area contributed by atoms with Crippen molar-refractivity contribution in [2.75, 3.05) is 0 Å². The zero-order valence-corrected chi connectivity index (χ0v) is 20.1. The Morgan fingerprint density at radius 1 is 1.00 bits per heavy atom. The molecule has 0 N–H and O–H groups in total. The normalized spacial score (nSPS) is 0. The van der Waals surface area contributed by atoms with Gasteiger partial charge >= 0.3 is 27.3 Å². The van der Waals surface area contributed by atoms with Crippen LogP contribution in [-0.2, 0) is 114 Å². The van der Waals surface area contributed by atoms with Gasteiger partial charge in [-0.1, -0.05) is 0 Å². The Kier molecular flexibility index (Phi) is 413. The summed E-state index contributed by atoms with van der Waals surface area (Å²) in [5.74, 6) is 0. The molecule has 0 saturated heterocycles. The third kappa shape index (κ3) is 37.3. The van der Waals surface area contributed by atoms with Crippen molar-refractivity contribution in [2.45, 2.75) is 0 Å². The van der Waals surface area contributed by atoms with Crippen LogP contribution >= 0.6 is 0 Å². The second-order valence-corrected chi connectivity index (χ2v) is 0. The molecule has 0 atom stereocenters. The van der Waals surface area contributed by atoms with Crippen LogP contribution < -0.4 is 0 Å². The average molecular weight is 827 g/mol. The minimum Gasteiger partial charge on any atom is 0 e. The third-order valence-electron chi connectivity index (χ3n) is 0. The summed E-state index contributed by atoms with van der Waals surface area (Å²) in [6.45, 7) is 0. The van der Waals surface area contributed by atoms with Gasteiger partial charge in [0.2, 0.25) is 0 Å². The van der Waals surface area contributed by atoms with E-state index in [0.29, 0.717) is 0 Å². The maximum absolute atomic E-state index is 0. The monoisotopic (exact) mass is 826 g/mol. The fourth-order valence-electron chi connectivity index (χ4n) is 0. The molecule has 7 heteroatoms. The maximum atomic E-state index is 0. The Labute approximate surface area is 139 Å². The molecule has 0 heterocycles. The van der Waals surface area contributed by atoms with Crippen LogP contribution in [0.25, 0.3) is 0 Å². The van der Waals surface area contributed by atoms with E-state index in [1.165, 1.54) is 0 Å². The van der Waals surface area contributed by atoms with Gasteiger partial charge in [0.05, 0.1) is 0 Å². The Bertz CT molecular complexity index is 19.7. The summed E-state index contributed by atoms with van der Waals surface area (Å²) >= 11 is 0. The van der Waals surface area contributed by atoms with Crippen molar-refractivity contribution in [3.8, 4) is 0 Å². The summed E-state index contributed by atoms with van der Waals surface area (Å²) in [5.41, 5.74) is 0. The van der Waals surface area contributed by atoms with Gasteiger partial charge in [0.15, 0.2) is 0 Å². The van der Waals surface area contributed by atoms with Crippen LogP contribution in [-0.4, -0.2) is 27.3 Å². The SMILES string of the molecule is [Au].[Cr].[Cu].[Fe].[PbH2].[W].[Zn]. The van der Waals surface area contributed by atoms with Crippen LogP contribution in [0.5, 0.6) is 0 Å². The Hall–Kier alpha value is 4.55. The summed E-state index contributed by atoms with van der Waals surface area (Å²) in [5, 5.41) is 0. The van der Waals surface area contributed by atoms with Gasteiger partial charge < -0.3 is 0 Å². The standard InChI is InChI=1S/Au.Cr.Cu.Fe.Pb.W.Zn.2H. The van der Waals surface area contributed by atoms with E-state index < -0.39 is 0 Å². The van der Waals surface area contributed by atoms with Gasteiger partial charge in [0, 0.05) is 114 Å². The molecule has 0 aromatic heterocycles. The van der Waals surface area contributed by atoms with Gasteiger partial charge in [-0.05, 0) is 0 Å². The summed E-state index contributed by atoms with van der Waals surface area (Å²) in [7, 11) is 0. The molecule has 0 aromatic rings. The summed E-state index contributed by atoms with van der Waals surface area (Å²) in [6, 6.07) is 0. The Morgan fingerprint density at radius 2 is 1.00 bits per heavy atom. The van der Waals surface area contributed by atoms with Gasteiger partial charge in [-0.3, -0.25) is 0 Å². The molecule has 0 aliphatic rings. The van der Waals surface area contributed by atoms with Gasteiger partial charge in [-0.15, -0.1) is 0 Å². The fourth-order valence-corrected chi connectivity index (χ4v) is 0. The first-order valence-corrected chi connectivity index (χ1v) is 0. The molecular weight excluding hydrogens is 825 g/mol. The first kappa shape index (κ1) is 62.1. The molecule has 0 saturated carbocycles. The first-order valence-electron chi connectivity index (χ1n) is 0. The van der Waals surface area contributed by atoms with Gasteiger partial charge in [-0.25, -0.2) is 0 Å². The molecular formula is H2AuCrCuFePbWZn. The molecule has 50 valence electrons. The predicted molar refractivity (Wildman–Crippen MR) is 8.54 cm³/mol. The number of hydrogen-bond donors (Lipinski definition) is 0. The van der Waals surface area contributed by atoms with Crippen LogP contribution in [0.2, 0.25) is 0 Å². The number of rotatable bonds is 0. The van der Waals surface area contributed by atoms with Crippen LogP contribution in [0.4, 0.5) is 0 Å². The van der Waals surface area contributed by atoms with Crippen molar-refractivity contribution in [2.24, 2.45) is 0 Å². The quantitative estimate of drug-likeness (QED) is 0.278. The van der Waals surface area contributed by atoms with Crippen LogP contribution in [0.1, 0.15) is 0 Å². The maximum Gasteiger partial charge on any atom is 0 e. The van der Waals surface area contributed by atoms with Gasteiger partial charge in [0.25, 0.3) is 0 Å². The van der Waals surface area contributed by atoms with E-state index in [-0.39, 0.29) is 142 Å². The van der Waals surface area contributed by atoms with E-state index in [1.54, 1.807) is 0 Å². The molecule has 0 spiro atoms. The van der Waals surface area contributed by atoms with Crippen molar-refractivity contribution >= 4 is 27.3 Å². The molecule has 0 aliphatic heterocycles. The van der Waals surface area contributed by atoms with Crippen LogP contribution in [0.15, 0.2) is 0 Å². The van der Waals surface area contributed by atoms with E-state index in [4.69, 9.17) is 0 Å². The summed E-state index contributed by atoms with van der Waals surface area (Å²) in [4.78, 5) is 0. The van der Waals surface area contributed by atoms with E-state index in [9.17, 15) is 0 Å². The van der Waals surface area contributed by atoms with E-state index >= 15 is 0 Å². The smallest absolute Gasteiger partial charge is 0 e. The topological polar surface area (TPSA) is 0 Å². The molecule has 0 fully saturated rings. The van der Waals surface area contributed by atoms with E-state index in [0.717, 1.165) is 0 Å². The minimum absolute atomic E-state index is 0. The summed E-state index contributed by atoms with van der Waals surface area (Å²) < 4.78 is 0. The molecule has 0 bridgehead atoms. The molecule has 0 amide bonds. The largest absolute Gasteiger partial charge is 0 e. The van der Waals surface area contributed by atoms with E-state index in [1.807, 2.05) is 0 Å². The van der Waals surface area contributed by atoms with Crippen molar-refractivity contribution in [3.63, 3.8) is 0 Å². The predicted octanol–water partition coefficient (Wildman–Crippen LogP) is -0.931. The molecule has 0 aromatic carbocycles. The average Bonchev–Trinajstić information content (AvgIpc) is 0. The van der Waals surface area contributed by atoms with Crippen molar-refractivity contribution in [1.29, 1.82) is 0 Å². The zero-order chi connectivity index (χ0) is 0. The third-order valence-corrected chi connectivity index (χ3v) is 0. The second-order valence-electron chi connectivity index (χ2n) is 0. The second kappa shape index (κ2) is 46.5. The fraction of sp³-hybridized carbons (Fsp3) is 0. The van der Waals surface area contributed by atoms with Crippen molar-refractivity contribution in [3.05, 3.63) is 0 Å². The number of hydrogen-bond acceptors (Lipinski definition) is 0. The summed E-state index contributed by atoms with van der Waals surface area (Å²) in [6.07, 6.45) is 0. The Balaban J connectivity index is 0. The van der Waals surface area contributed by atoms with Crippen molar-refractivity contribution in [1.82, 2.24) is 0 Å². The van der Waals surface area contributed by atoms with Crippen LogP contribution in [0.3, 0.4) is 0 Å². The van der Waals surface area contributed by atoms with Crippen molar-refractivity contribution < 1.29 is 114 Å². The molecule has 0 unspecified atom stereocenters. The molecule has 0 rings (SSSR count). The minimum atomic E-state index is 0. The molecule has 0 nitrogen and oxygen atoms in total. The molecule has 0 aliphatic carbocycles. The van der Waals surface area contributed by atoms with E-state index in [2.05, 4.69) is 0 Å².